The maximum Gasteiger partial charge on any atom is 0.414 e. The van der Waals surface area contributed by atoms with Crippen LogP contribution < -0.4 is 15.6 Å². The molecule has 2 N–H and O–H groups in total. The maximum absolute atomic E-state index is 14.7. The Morgan fingerprint density at radius 1 is 1.31 bits per heavy atom. The van der Waals surface area contributed by atoms with E-state index in [1.807, 2.05) is 24.3 Å². The Kier molecular flexibility index (Phi) is 7.95. The Balaban J connectivity index is 1.30. The molecule has 2 aromatic carbocycles. The van der Waals surface area contributed by atoms with Gasteiger partial charge in [0.2, 0.25) is 5.91 Å². The number of cyclic esters (lactones) is 1. The Labute approximate surface area is 210 Å². The van der Waals surface area contributed by atoms with Gasteiger partial charge < -0.3 is 14.9 Å². The number of rotatable bonds is 8. The number of anilines is 1. The minimum absolute atomic E-state index is 0.103. The second-order valence-electron chi connectivity index (χ2n) is 7.68. The predicted octanol–water partition coefficient (Wildman–Crippen LogP) is 2.49. The van der Waals surface area contributed by atoms with Crippen LogP contribution in [-0.2, 0) is 19.2 Å². The molecule has 3 amide bonds. The molecule has 1 saturated heterocycles. The zero-order chi connectivity index (χ0) is 25.5. The van der Waals surface area contributed by atoms with Gasteiger partial charge in [0, 0.05) is 11.6 Å². The van der Waals surface area contributed by atoms with Gasteiger partial charge in [0.15, 0.2) is 0 Å². The van der Waals surface area contributed by atoms with Crippen LogP contribution in [-0.4, -0.2) is 61.2 Å². The molecule has 36 heavy (non-hydrogen) atoms. The summed E-state index contributed by atoms with van der Waals surface area (Å²) in [4.78, 5) is 41.7. The van der Waals surface area contributed by atoms with Crippen LogP contribution in [0.15, 0.2) is 58.8 Å². The highest BCUT2D eigenvalue weighted by molar-refractivity contribution is 8.15. The number of carbonyl (C=O) groups is 3. The van der Waals surface area contributed by atoms with Crippen molar-refractivity contribution in [1.82, 2.24) is 10.7 Å². The van der Waals surface area contributed by atoms with E-state index in [1.165, 1.54) is 30.2 Å². The van der Waals surface area contributed by atoms with Crippen molar-refractivity contribution in [2.75, 3.05) is 30.9 Å². The van der Waals surface area contributed by atoms with Gasteiger partial charge in [0.25, 0.3) is 5.91 Å². The molecule has 0 saturated carbocycles. The fourth-order valence-corrected chi connectivity index (χ4v) is 4.15. The molecule has 0 spiro atoms. The van der Waals surface area contributed by atoms with Gasteiger partial charge in [-0.3, -0.25) is 14.5 Å². The molecule has 0 radical (unpaired) electrons. The molecule has 186 valence electrons. The number of nitrogens with zero attached hydrogens (tertiary/aromatic N) is 3. The minimum atomic E-state index is -0.634. The molecule has 0 aromatic heterocycles. The second kappa shape index (κ2) is 11.5. The van der Waals surface area contributed by atoms with Crippen molar-refractivity contribution in [2.24, 2.45) is 10.3 Å². The molecule has 0 bridgehead atoms. The van der Waals surface area contributed by atoms with E-state index in [0.717, 1.165) is 22.9 Å². The Bertz CT molecular complexity index is 1250. The lowest BCUT2D eigenvalue weighted by Gasteiger charge is -2.16. The zero-order valence-electron chi connectivity index (χ0n) is 19.1. The van der Waals surface area contributed by atoms with E-state index in [2.05, 4.69) is 25.8 Å². The summed E-state index contributed by atoms with van der Waals surface area (Å²) in [6, 6.07) is 11.6. The van der Waals surface area contributed by atoms with Crippen LogP contribution in [0.4, 0.5) is 14.9 Å². The van der Waals surface area contributed by atoms with E-state index in [9.17, 15) is 18.8 Å². The summed E-state index contributed by atoms with van der Waals surface area (Å²) in [5, 5.41) is 10.6. The van der Waals surface area contributed by atoms with Crippen LogP contribution in [0.5, 0.6) is 0 Å². The number of halogens is 1. The first kappa shape index (κ1) is 24.9. The lowest BCUT2D eigenvalue weighted by Crippen LogP contribution is -2.33. The minimum Gasteiger partial charge on any atom is -0.442 e. The van der Waals surface area contributed by atoms with E-state index >= 15 is 0 Å². The van der Waals surface area contributed by atoms with Crippen molar-refractivity contribution in [1.29, 1.82) is 0 Å². The Morgan fingerprint density at radius 3 is 2.78 bits per heavy atom. The van der Waals surface area contributed by atoms with Crippen molar-refractivity contribution in [3.63, 3.8) is 0 Å². The van der Waals surface area contributed by atoms with E-state index in [4.69, 9.17) is 4.74 Å². The first-order chi connectivity index (χ1) is 17.4. The highest BCUT2D eigenvalue weighted by atomic mass is 32.2. The van der Waals surface area contributed by atoms with Gasteiger partial charge in [-0.25, -0.2) is 14.6 Å². The average Bonchev–Trinajstić information content (AvgIpc) is 3.26. The maximum atomic E-state index is 14.7. The number of hydrazone groups is 1. The molecule has 0 aliphatic carbocycles. The molecule has 10 nitrogen and oxygen atoms in total. The van der Waals surface area contributed by atoms with Crippen LogP contribution >= 0.6 is 11.8 Å². The highest BCUT2D eigenvalue weighted by Crippen LogP contribution is 2.26. The van der Waals surface area contributed by atoms with E-state index in [1.54, 1.807) is 18.4 Å². The third-order valence-electron chi connectivity index (χ3n) is 5.17. The number of hydrogen-bond donors (Lipinski definition) is 2. The molecule has 2 heterocycles. The van der Waals surface area contributed by atoms with Crippen molar-refractivity contribution < 1.29 is 28.3 Å². The van der Waals surface area contributed by atoms with Crippen molar-refractivity contribution in [2.45, 2.75) is 6.10 Å². The predicted molar refractivity (Wildman–Crippen MR) is 134 cm³/mol. The first-order valence-corrected chi connectivity index (χ1v) is 11.8. The topological polar surface area (TPSA) is 122 Å². The number of ether oxygens (including phenoxy) is 1. The van der Waals surface area contributed by atoms with Crippen molar-refractivity contribution >= 4 is 52.7 Å². The number of nitrogens with one attached hydrogen (secondary N) is 2. The van der Waals surface area contributed by atoms with Crippen LogP contribution in [0.1, 0.15) is 16.7 Å². The summed E-state index contributed by atoms with van der Waals surface area (Å²) in [7, 11) is 1.46. The number of hydrogen-bond acceptors (Lipinski definition) is 8. The van der Waals surface area contributed by atoms with Gasteiger partial charge in [-0.05, 0) is 35.4 Å². The lowest BCUT2D eigenvalue weighted by molar-refractivity contribution is -0.118. The molecular weight excluding hydrogens is 489 g/mol. The monoisotopic (exact) mass is 511 g/mol. The van der Waals surface area contributed by atoms with Crippen LogP contribution in [0.3, 0.4) is 0 Å². The molecule has 2 aliphatic rings. The average molecular weight is 512 g/mol. The number of amides is 3. The standard InChI is InChI=1S/C24H22FN5O5S/c1-34-27-11-16-4-2-15(3-5-16)6-9-21(31)26-12-18-13-30(24(33)35-18)17-7-8-19(20(25)10-17)23-29-28-22(32)14-36-23/h2-11,18H,12-14H2,1H3,(H,26,31)(H,28,32)/b9-6+,27-11+. The zero-order valence-corrected chi connectivity index (χ0v) is 20.0. The van der Waals surface area contributed by atoms with Crippen LogP contribution in [0.2, 0.25) is 0 Å². The molecule has 1 unspecified atom stereocenters. The third kappa shape index (κ3) is 6.27. The highest BCUT2D eigenvalue weighted by Gasteiger charge is 2.33. The molecule has 1 fully saturated rings. The normalized spacial score (nSPS) is 17.8. The number of carbonyl (C=O) groups excluding carboxylic acids is 3. The van der Waals surface area contributed by atoms with Gasteiger partial charge in [-0.15, -0.1) is 0 Å². The van der Waals surface area contributed by atoms with Gasteiger partial charge in [-0.2, -0.15) is 5.10 Å². The summed E-state index contributed by atoms with van der Waals surface area (Å²) in [5.41, 5.74) is 4.54. The molecule has 2 aliphatic heterocycles. The molecule has 12 heteroatoms. The van der Waals surface area contributed by atoms with Gasteiger partial charge in [-0.1, -0.05) is 41.2 Å². The fraction of sp³-hybridized carbons (Fsp3) is 0.208. The Morgan fingerprint density at radius 2 is 2.08 bits per heavy atom. The fourth-order valence-electron chi connectivity index (χ4n) is 3.39. The number of thioether (sulfide) groups is 1. The van der Waals surface area contributed by atoms with Crippen LogP contribution in [0.25, 0.3) is 6.08 Å². The van der Waals surface area contributed by atoms with Crippen molar-refractivity contribution in [3.05, 3.63) is 71.0 Å². The first-order valence-electron chi connectivity index (χ1n) is 10.8. The van der Waals surface area contributed by atoms with E-state index in [0.29, 0.717) is 10.7 Å². The van der Waals surface area contributed by atoms with E-state index < -0.39 is 18.0 Å². The Hall–Kier alpha value is -4.19. The number of benzene rings is 2. The van der Waals surface area contributed by atoms with Gasteiger partial charge >= 0.3 is 6.09 Å². The lowest BCUT2D eigenvalue weighted by atomic mass is 10.1. The SMILES string of the molecule is CO/N=C/c1ccc(/C=C/C(=O)NCC2CN(c3ccc(C4=NNC(=O)CS4)c(F)c3)C(=O)O2)cc1. The van der Waals surface area contributed by atoms with Gasteiger partial charge in [0.05, 0.1) is 30.7 Å². The molecule has 2 aromatic rings. The van der Waals surface area contributed by atoms with E-state index in [-0.39, 0.29) is 36.2 Å². The largest absolute Gasteiger partial charge is 0.442 e. The molecular formula is C24H22FN5O5S. The summed E-state index contributed by atoms with van der Waals surface area (Å²) < 4.78 is 20.0. The number of oxime groups is 1. The summed E-state index contributed by atoms with van der Waals surface area (Å²) in [6.45, 7) is 0.253. The molecule has 4 rings (SSSR count). The summed E-state index contributed by atoms with van der Waals surface area (Å²) in [5.74, 6) is -1.03. The summed E-state index contributed by atoms with van der Waals surface area (Å²) in [6.07, 6.45) is 3.39. The van der Waals surface area contributed by atoms with Crippen molar-refractivity contribution in [3.8, 4) is 0 Å². The summed E-state index contributed by atoms with van der Waals surface area (Å²) >= 11 is 1.13. The smallest absolute Gasteiger partial charge is 0.414 e. The van der Waals surface area contributed by atoms with Gasteiger partial charge in [0.1, 0.15) is 24.1 Å². The third-order valence-corrected chi connectivity index (χ3v) is 6.16. The quantitative estimate of drug-likeness (QED) is 0.319. The van der Waals surface area contributed by atoms with Crippen LogP contribution in [0, 0.1) is 5.82 Å². The molecule has 1 atom stereocenters. The second-order valence-corrected chi connectivity index (χ2v) is 8.65.